The first-order chi connectivity index (χ1) is 7.39. The van der Waals surface area contributed by atoms with E-state index in [1.54, 1.807) is 12.1 Å². The van der Waals surface area contributed by atoms with Crippen molar-refractivity contribution < 1.29 is 9.13 Å². The van der Waals surface area contributed by atoms with Crippen molar-refractivity contribution in [3.63, 3.8) is 0 Å². The third-order valence-electron chi connectivity index (χ3n) is 2.78. The van der Waals surface area contributed by atoms with Gasteiger partial charge in [-0.25, -0.2) is 4.39 Å². The smallest absolute Gasteiger partial charge is 0.123 e. The maximum Gasteiger partial charge on any atom is 0.123 e. The molecule has 1 aromatic carbocycles. The van der Waals surface area contributed by atoms with Gasteiger partial charge in [-0.05, 0) is 38.5 Å². The highest BCUT2D eigenvalue weighted by Gasteiger charge is 2.39. The zero-order valence-corrected chi connectivity index (χ0v) is 10.0. The quantitative estimate of drug-likeness (QED) is 0.831. The molecule has 1 unspecified atom stereocenters. The van der Waals surface area contributed by atoms with Gasteiger partial charge in [0.2, 0.25) is 0 Å². The average Bonchev–Trinajstić information content (AvgIpc) is 2.40. The normalized spacial score (nSPS) is 28.2. The van der Waals surface area contributed by atoms with Crippen LogP contribution in [0.4, 0.5) is 4.39 Å². The first kappa shape index (κ1) is 11.6. The summed E-state index contributed by atoms with van der Waals surface area (Å²) in [4.78, 5) is 0. The van der Waals surface area contributed by atoms with Crippen molar-refractivity contribution in [1.29, 1.82) is 0 Å². The molecule has 0 spiro atoms. The molecule has 0 radical (unpaired) electrons. The van der Waals surface area contributed by atoms with Crippen LogP contribution in [-0.4, -0.2) is 17.9 Å². The van der Waals surface area contributed by atoms with Crippen LogP contribution in [0.15, 0.2) is 24.3 Å². The van der Waals surface area contributed by atoms with Crippen molar-refractivity contribution >= 4 is 0 Å². The summed E-state index contributed by atoms with van der Waals surface area (Å²) >= 11 is 0. The molecule has 16 heavy (non-hydrogen) atoms. The molecule has 3 heteroatoms. The second-order valence-electron chi connectivity index (χ2n) is 5.34. The first-order valence-electron chi connectivity index (χ1n) is 5.56. The third-order valence-corrected chi connectivity index (χ3v) is 2.78. The van der Waals surface area contributed by atoms with Gasteiger partial charge in [0.25, 0.3) is 0 Å². The Bertz CT molecular complexity index is 391. The molecule has 1 heterocycles. The Morgan fingerprint density at radius 3 is 2.69 bits per heavy atom. The zero-order chi connectivity index (χ0) is 11.8. The van der Waals surface area contributed by atoms with Gasteiger partial charge in [-0.15, -0.1) is 0 Å². The number of hydrogen-bond acceptors (Lipinski definition) is 2. The van der Waals surface area contributed by atoms with Crippen LogP contribution in [0.1, 0.15) is 26.3 Å². The zero-order valence-electron chi connectivity index (χ0n) is 10.0. The molecule has 1 aliphatic rings. The summed E-state index contributed by atoms with van der Waals surface area (Å²) in [5.41, 5.74) is 0.548. The van der Waals surface area contributed by atoms with Crippen LogP contribution in [0, 0.1) is 5.82 Å². The molecule has 1 fully saturated rings. The maximum atomic E-state index is 13.1. The molecular weight excluding hydrogens is 205 g/mol. The fourth-order valence-electron chi connectivity index (χ4n) is 2.26. The van der Waals surface area contributed by atoms with Crippen LogP contribution in [0.5, 0.6) is 0 Å². The summed E-state index contributed by atoms with van der Waals surface area (Å²) in [6.07, 6.45) is 0.675. The predicted octanol–water partition coefficient (Wildman–Crippen LogP) is 2.48. The predicted molar refractivity (Wildman–Crippen MR) is 61.7 cm³/mol. The van der Waals surface area contributed by atoms with Crippen molar-refractivity contribution in [3.05, 3.63) is 35.6 Å². The second-order valence-corrected chi connectivity index (χ2v) is 5.34. The largest absolute Gasteiger partial charge is 0.359 e. The molecule has 1 aliphatic heterocycles. The number of halogens is 1. The molecule has 1 N–H and O–H groups in total. The lowest BCUT2D eigenvalue weighted by Crippen LogP contribution is -2.47. The summed E-state index contributed by atoms with van der Waals surface area (Å²) in [6, 6.07) is 6.67. The fraction of sp³-hybridized carbons (Fsp3) is 0.538. The van der Waals surface area contributed by atoms with E-state index in [1.165, 1.54) is 6.07 Å². The van der Waals surface area contributed by atoms with E-state index >= 15 is 0 Å². The number of nitrogens with one attached hydrogen (secondary N) is 1. The van der Waals surface area contributed by atoms with Crippen molar-refractivity contribution in [2.75, 3.05) is 6.61 Å². The molecule has 0 aromatic heterocycles. The van der Waals surface area contributed by atoms with E-state index in [1.807, 2.05) is 13.0 Å². The Labute approximate surface area is 95.8 Å². The lowest BCUT2D eigenvalue weighted by Gasteiger charge is -2.26. The van der Waals surface area contributed by atoms with Crippen LogP contribution >= 0.6 is 0 Å². The van der Waals surface area contributed by atoms with Crippen molar-refractivity contribution in [2.24, 2.45) is 0 Å². The fourth-order valence-corrected chi connectivity index (χ4v) is 2.26. The van der Waals surface area contributed by atoms with E-state index in [4.69, 9.17) is 4.74 Å². The Kier molecular flexibility index (Phi) is 2.76. The van der Waals surface area contributed by atoms with Crippen molar-refractivity contribution in [1.82, 2.24) is 5.32 Å². The van der Waals surface area contributed by atoms with E-state index in [-0.39, 0.29) is 11.4 Å². The highest BCUT2D eigenvalue weighted by molar-refractivity contribution is 5.18. The number of benzene rings is 1. The molecule has 1 aromatic rings. The highest BCUT2D eigenvalue weighted by Crippen LogP contribution is 2.26. The molecule has 1 atom stereocenters. The summed E-state index contributed by atoms with van der Waals surface area (Å²) in [5, 5.41) is 3.43. The van der Waals surface area contributed by atoms with Crippen LogP contribution < -0.4 is 5.32 Å². The van der Waals surface area contributed by atoms with Gasteiger partial charge < -0.3 is 4.74 Å². The summed E-state index contributed by atoms with van der Waals surface area (Å²) < 4.78 is 18.8. The molecule has 0 amide bonds. The van der Waals surface area contributed by atoms with Crippen LogP contribution in [-0.2, 0) is 11.2 Å². The van der Waals surface area contributed by atoms with Crippen LogP contribution in [0.25, 0.3) is 0 Å². The van der Waals surface area contributed by atoms with Crippen molar-refractivity contribution in [2.45, 2.75) is 38.5 Å². The minimum atomic E-state index is -0.392. The molecule has 2 nitrogen and oxygen atoms in total. The van der Waals surface area contributed by atoms with E-state index in [2.05, 4.69) is 19.2 Å². The van der Waals surface area contributed by atoms with Gasteiger partial charge in [-0.1, -0.05) is 12.1 Å². The van der Waals surface area contributed by atoms with Gasteiger partial charge in [0, 0.05) is 12.0 Å². The van der Waals surface area contributed by atoms with Crippen molar-refractivity contribution in [3.8, 4) is 0 Å². The summed E-state index contributed by atoms with van der Waals surface area (Å²) in [6.45, 7) is 6.89. The lowest BCUT2D eigenvalue weighted by molar-refractivity contribution is 0.00666. The minimum absolute atomic E-state index is 0.0118. The molecule has 2 rings (SSSR count). The molecule has 0 saturated carbocycles. The molecule has 88 valence electrons. The first-order valence-corrected chi connectivity index (χ1v) is 5.56. The number of ether oxygens (including phenoxy) is 1. The SMILES string of the molecule is CC1(C)COC(C)(Cc2cccc(F)c2)N1. The van der Waals surface area contributed by atoms with E-state index in [0.717, 1.165) is 5.56 Å². The van der Waals surface area contributed by atoms with Crippen LogP contribution in [0.2, 0.25) is 0 Å². The standard InChI is InChI=1S/C13H18FNO/c1-12(2)9-16-13(3,15-12)8-10-5-4-6-11(14)7-10/h4-7,15H,8-9H2,1-3H3. The Morgan fingerprint density at radius 2 is 2.12 bits per heavy atom. The maximum absolute atomic E-state index is 13.1. The average molecular weight is 223 g/mol. The van der Waals surface area contributed by atoms with E-state index < -0.39 is 5.72 Å². The van der Waals surface area contributed by atoms with Gasteiger partial charge in [0.15, 0.2) is 0 Å². The minimum Gasteiger partial charge on any atom is -0.359 e. The third kappa shape index (κ3) is 2.60. The Balaban J connectivity index is 2.10. The lowest BCUT2D eigenvalue weighted by atomic mass is 10.0. The Hall–Kier alpha value is -0.930. The summed E-state index contributed by atoms with van der Waals surface area (Å²) in [7, 11) is 0. The monoisotopic (exact) mass is 223 g/mol. The molecular formula is C13H18FNO. The molecule has 0 aliphatic carbocycles. The summed E-state index contributed by atoms with van der Waals surface area (Å²) in [5.74, 6) is -0.196. The van der Waals surface area contributed by atoms with Gasteiger partial charge in [0.05, 0.1) is 6.61 Å². The molecule has 1 saturated heterocycles. The topological polar surface area (TPSA) is 21.3 Å². The highest BCUT2D eigenvalue weighted by atomic mass is 19.1. The van der Waals surface area contributed by atoms with E-state index in [9.17, 15) is 4.39 Å². The number of rotatable bonds is 2. The number of hydrogen-bond donors (Lipinski definition) is 1. The van der Waals surface area contributed by atoms with Gasteiger partial charge >= 0.3 is 0 Å². The molecule has 0 bridgehead atoms. The van der Waals surface area contributed by atoms with E-state index in [0.29, 0.717) is 13.0 Å². The second kappa shape index (κ2) is 3.82. The van der Waals surface area contributed by atoms with Gasteiger partial charge in [-0.2, -0.15) is 0 Å². The Morgan fingerprint density at radius 1 is 1.38 bits per heavy atom. The van der Waals surface area contributed by atoms with Gasteiger partial charge in [-0.3, -0.25) is 5.32 Å². The van der Waals surface area contributed by atoms with Gasteiger partial charge in [0.1, 0.15) is 11.5 Å². The van der Waals surface area contributed by atoms with Crippen LogP contribution in [0.3, 0.4) is 0 Å².